The highest BCUT2D eigenvalue weighted by Gasteiger charge is 2.07. The third-order valence-electron chi connectivity index (χ3n) is 3.01. The van der Waals surface area contributed by atoms with Crippen molar-refractivity contribution >= 4 is 33.5 Å². The first-order chi connectivity index (χ1) is 10.1. The molecule has 0 spiro atoms. The van der Waals surface area contributed by atoms with Crippen molar-refractivity contribution in [2.24, 2.45) is 0 Å². The predicted molar refractivity (Wildman–Crippen MR) is 89.3 cm³/mol. The number of hydrogen-bond donors (Lipinski definition) is 1. The molecule has 2 N–H and O–H groups in total. The van der Waals surface area contributed by atoms with Gasteiger partial charge in [-0.1, -0.05) is 34.1 Å². The molecule has 0 atom stereocenters. The highest BCUT2D eigenvalue weighted by molar-refractivity contribution is 9.10. The molecule has 0 aliphatic carbocycles. The number of rotatable bonds is 5. The number of carbonyl (C=O) groups is 1. The van der Waals surface area contributed by atoms with Gasteiger partial charge in [-0.3, -0.25) is 4.79 Å². The van der Waals surface area contributed by atoms with Crippen LogP contribution in [0.2, 0.25) is 0 Å². The van der Waals surface area contributed by atoms with Gasteiger partial charge < -0.3 is 10.5 Å². The van der Waals surface area contributed by atoms with Crippen LogP contribution in [0.25, 0.3) is 6.08 Å². The number of ketones is 1. The molecule has 0 radical (unpaired) electrons. The van der Waals surface area contributed by atoms with E-state index < -0.39 is 0 Å². The molecule has 0 saturated heterocycles. The Morgan fingerprint density at radius 1 is 1.24 bits per heavy atom. The second-order valence-electron chi connectivity index (χ2n) is 4.60. The highest BCUT2D eigenvalue weighted by Crippen LogP contribution is 2.23. The van der Waals surface area contributed by atoms with Gasteiger partial charge in [-0.05, 0) is 42.0 Å². The second-order valence-corrected chi connectivity index (χ2v) is 5.51. The van der Waals surface area contributed by atoms with Gasteiger partial charge in [-0.2, -0.15) is 0 Å². The van der Waals surface area contributed by atoms with Gasteiger partial charge in [0.1, 0.15) is 5.75 Å². The summed E-state index contributed by atoms with van der Waals surface area (Å²) in [6.45, 7) is 0. The lowest BCUT2D eigenvalue weighted by Crippen LogP contribution is -2.01. The smallest absolute Gasteiger partial charge is 0.160 e. The van der Waals surface area contributed by atoms with E-state index in [1.54, 1.807) is 19.3 Å². The average Bonchev–Trinajstić information content (AvgIpc) is 2.47. The van der Waals surface area contributed by atoms with Gasteiger partial charge in [0, 0.05) is 22.1 Å². The summed E-state index contributed by atoms with van der Waals surface area (Å²) in [6.07, 6.45) is 3.66. The van der Waals surface area contributed by atoms with Crippen LogP contribution in [0.4, 0.5) is 5.69 Å². The zero-order valence-electron chi connectivity index (χ0n) is 11.7. The fraction of sp³-hybridized carbons (Fsp3) is 0.118. The zero-order valence-corrected chi connectivity index (χ0v) is 13.3. The van der Waals surface area contributed by atoms with Crippen LogP contribution >= 0.6 is 15.9 Å². The first kappa shape index (κ1) is 15.3. The summed E-state index contributed by atoms with van der Waals surface area (Å²) < 4.78 is 6.19. The van der Waals surface area contributed by atoms with Gasteiger partial charge in [-0.25, -0.2) is 0 Å². The lowest BCUT2D eigenvalue weighted by Gasteiger charge is -2.07. The summed E-state index contributed by atoms with van der Waals surface area (Å²) in [7, 11) is 1.60. The maximum atomic E-state index is 12.0. The molecule has 0 fully saturated rings. The van der Waals surface area contributed by atoms with Crippen molar-refractivity contribution < 1.29 is 9.53 Å². The molecule has 0 saturated carbocycles. The first-order valence-electron chi connectivity index (χ1n) is 6.47. The van der Waals surface area contributed by atoms with Crippen molar-refractivity contribution in [2.75, 3.05) is 12.8 Å². The summed E-state index contributed by atoms with van der Waals surface area (Å²) >= 11 is 3.40. The molecule has 2 aromatic carbocycles. The van der Waals surface area contributed by atoms with Crippen LogP contribution in [-0.4, -0.2) is 12.9 Å². The number of allylic oxidation sites excluding steroid dienone is 1. The Morgan fingerprint density at radius 2 is 1.95 bits per heavy atom. The molecule has 0 aliphatic rings. The molecule has 0 unspecified atom stereocenters. The summed E-state index contributed by atoms with van der Waals surface area (Å²) in [5, 5.41) is 0. The lowest BCUT2D eigenvalue weighted by molar-refractivity contribution is -0.114. The van der Waals surface area contributed by atoms with E-state index in [4.69, 9.17) is 10.5 Å². The quantitative estimate of drug-likeness (QED) is 0.661. The van der Waals surface area contributed by atoms with E-state index in [0.29, 0.717) is 17.9 Å². The average molecular weight is 346 g/mol. The van der Waals surface area contributed by atoms with E-state index in [1.807, 2.05) is 42.5 Å². The molecule has 3 nitrogen and oxygen atoms in total. The zero-order chi connectivity index (χ0) is 15.2. The van der Waals surface area contributed by atoms with Crippen LogP contribution in [0.1, 0.15) is 11.1 Å². The van der Waals surface area contributed by atoms with Crippen LogP contribution in [0.3, 0.4) is 0 Å². The van der Waals surface area contributed by atoms with Crippen molar-refractivity contribution in [3.63, 3.8) is 0 Å². The number of hydrogen-bond acceptors (Lipinski definition) is 3. The second kappa shape index (κ2) is 7.09. The van der Waals surface area contributed by atoms with E-state index in [-0.39, 0.29) is 5.78 Å². The maximum absolute atomic E-state index is 12.0. The summed E-state index contributed by atoms with van der Waals surface area (Å²) in [4.78, 5) is 12.0. The van der Waals surface area contributed by atoms with Crippen LogP contribution < -0.4 is 10.5 Å². The Balaban J connectivity index is 2.08. The van der Waals surface area contributed by atoms with E-state index in [0.717, 1.165) is 15.6 Å². The Bertz CT molecular complexity index is 663. The number of nitrogens with two attached hydrogens (primary N) is 1. The maximum Gasteiger partial charge on any atom is 0.160 e. The number of methoxy groups -OCH3 is 1. The normalized spacial score (nSPS) is 10.8. The largest absolute Gasteiger partial charge is 0.496 e. The molecule has 0 aromatic heterocycles. The van der Waals surface area contributed by atoms with Gasteiger partial charge in [0.15, 0.2) is 5.78 Å². The van der Waals surface area contributed by atoms with Crippen LogP contribution in [-0.2, 0) is 11.2 Å². The van der Waals surface area contributed by atoms with E-state index in [9.17, 15) is 4.79 Å². The number of carbonyl (C=O) groups excluding carboxylic acids is 1. The molecule has 4 heteroatoms. The molecule has 0 bridgehead atoms. The molecule has 0 heterocycles. The van der Waals surface area contributed by atoms with Gasteiger partial charge in [0.25, 0.3) is 0 Å². The van der Waals surface area contributed by atoms with Crippen molar-refractivity contribution in [1.29, 1.82) is 0 Å². The van der Waals surface area contributed by atoms with Crippen molar-refractivity contribution in [3.8, 4) is 5.75 Å². The van der Waals surface area contributed by atoms with Gasteiger partial charge >= 0.3 is 0 Å². The first-order valence-corrected chi connectivity index (χ1v) is 7.26. The molecular formula is C17H16BrNO2. The van der Waals surface area contributed by atoms with Crippen molar-refractivity contribution in [1.82, 2.24) is 0 Å². The molecule has 0 aliphatic heterocycles. The fourth-order valence-corrected chi connectivity index (χ4v) is 2.34. The molecule has 2 rings (SSSR count). The number of nitrogen functional groups attached to an aromatic ring is 1. The third-order valence-corrected chi connectivity index (χ3v) is 3.50. The van der Waals surface area contributed by atoms with Crippen molar-refractivity contribution in [3.05, 3.63) is 64.1 Å². The summed E-state index contributed by atoms with van der Waals surface area (Å²) in [5.74, 6) is 0.732. The number of halogens is 1. The Morgan fingerprint density at radius 3 is 2.62 bits per heavy atom. The van der Waals surface area contributed by atoms with Gasteiger partial charge in [0.2, 0.25) is 0 Å². The topological polar surface area (TPSA) is 52.3 Å². The summed E-state index contributed by atoms with van der Waals surface area (Å²) in [6, 6.07) is 13.0. The lowest BCUT2D eigenvalue weighted by atomic mass is 10.1. The van der Waals surface area contributed by atoms with Crippen LogP contribution in [0.15, 0.2) is 53.0 Å². The monoisotopic (exact) mass is 345 g/mol. The Kier molecular flexibility index (Phi) is 5.17. The number of anilines is 1. The van der Waals surface area contributed by atoms with E-state index in [2.05, 4.69) is 15.9 Å². The SMILES string of the molecule is COc1ccc(Br)cc1CC(=O)/C=C/c1ccc(N)cc1. The standard InChI is InChI=1S/C17H16BrNO2/c1-21-17-9-5-14(18)10-13(17)11-16(20)8-4-12-2-6-15(19)7-3-12/h2-10H,11,19H2,1H3/b8-4+. The summed E-state index contributed by atoms with van der Waals surface area (Å²) in [5.41, 5.74) is 8.13. The number of ether oxygens (including phenoxy) is 1. The fourth-order valence-electron chi connectivity index (χ4n) is 1.93. The van der Waals surface area contributed by atoms with E-state index >= 15 is 0 Å². The molecule has 2 aromatic rings. The van der Waals surface area contributed by atoms with E-state index in [1.165, 1.54) is 0 Å². The predicted octanol–water partition coefficient (Wildman–Crippen LogP) is 3.86. The minimum Gasteiger partial charge on any atom is -0.496 e. The van der Waals surface area contributed by atoms with Gasteiger partial charge in [-0.15, -0.1) is 0 Å². The van der Waals surface area contributed by atoms with Crippen LogP contribution in [0.5, 0.6) is 5.75 Å². The minimum absolute atomic E-state index is 0.0169. The molecule has 21 heavy (non-hydrogen) atoms. The Labute approximate surface area is 132 Å². The highest BCUT2D eigenvalue weighted by atomic mass is 79.9. The van der Waals surface area contributed by atoms with Gasteiger partial charge in [0.05, 0.1) is 7.11 Å². The third kappa shape index (κ3) is 4.46. The van der Waals surface area contributed by atoms with Crippen LogP contribution in [0, 0.1) is 0 Å². The molecule has 0 amide bonds. The van der Waals surface area contributed by atoms with Crippen molar-refractivity contribution in [2.45, 2.75) is 6.42 Å². The minimum atomic E-state index is 0.0169. The molecule has 108 valence electrons. The number of benzene rings is 2. The molecular weight excluding hydrogens is 330 g/mol. The Hall–Kier alpha value is -2.07.